The summed E-state index contributed by atoms with van der Waals surface area (Å²) in [6.45, 7) is 3.14. The van der Waals surface area contributed by atoms with E-state index in [2.05, 4.69) is 10.6 Å². The van der Waals surface area contributed by atoms with Crippen LogP contribution >= 0.6 is 0 Å². The van der Waals surface area contributed by atoms with E-state index in [1.165, 1.54) is 23.5 Å². The summed E-state index contributed by atoms with van der Waals surface area (Å²) in [5.74, 6) is 0.212. The number of methoxy groups -OCH3 is 1. The Bertz CT molecular complexity index is 758. The Hall–Kier alpha value is -2.33. The van der Waals surface area contributed by atoms with Crippen LogP contribution in [-0.4, -0.2) is 64.6 Å². The number of ether oxygens (including phenoxy) is 2. The lowest BCUT2D eigenvalue weighted by Crippen LogP contribution is -2.44. The van der Waals surface area contributed by atoms with Crippen molar-refractivity contribution in [2.24, 2.45) is 5.92 Å². The van der Waals surface area contributed by atoms with Gasteiger partial charge in [-0.1, -0.05) is 0 Å². The van der Waals surface area contributed by atoms with Gasteiger partial charge in [-0.05, 0) is 44.0 Å². The molecule has 1 aromatic rings. The first kappa shape index (κ1) is 22.0. The van der Waals surface area contributed by atoms with Crippen LogP contribution in [0.15, 0.2) is 29.2 Å². The van der Waals surface area contributed by atoms with Crippen molar-refractivity contribution in [1.82, 2.24) is 14.9 Å². The lowest BCUT2D eigenvalue weighted by Gasteiger charge is -2.30. The van der Waals surface area contributed by atoms with Crippen molar-refractivity contribution < 1.29 is 27.5 Å². The highest BCUT2D eigenvalue weighted by Gasteiger charge is 2.31. The van der Waals surface area contributed by atoms with Crippen LogP contribution in [0.1, 0.15) is 19.8 Å². The van der Waals surface area contributed by atoms with Crippen molar-refractivity contribution in [3.63, 3.8) is 0 Å². The summed E-state index contributed by atoms with van der Waals surface area (Å²) in [6, 6.07) is 6.25. The maximum absolute atomic E-state index is 12.7. The van der Waals surface area contributed by atoms with Crippen LogP contribution in [-0.2, 0) is 19.6 Å². The van der Waals surface area contributed by atoms with Crippen LogP contribution in [0.25, 0.3) is 0 Å². The highest BCUT2D eigenvalue weighted by Crippen LogP contribution is 2.25. The molecule has 1 aliphatic heterocycles. The largest absolute Gasteiger partial charge is 0.497 e. The Morgan fingerprint density at radius 2 is 1.71 bits per heavy atom. The standard InChI is InChI=1S/C18H27N3O6S/c1-3-27-18(23)20-11-10-19-17(22)14-8-12-21(13-9-14)28(24,25)16-6-4-15(26-2)5-7-16/h4-7,14H,3,8-13H2,1-2H3,(H,19,22)(H,20,23). The topological polar surface area (TPSA) is 114 Å². The Balaban J connectivity index is 1.79. The highest BCUT2D eigenvalue weighted by atomic mass is 32.2. The van der Waals surface area contributed by atoms with Gasteiger partial charge in [0, 0.05) is 32.1 Å². The number of amides is 2. The summed E-state index contributed by atoms with van der Waals surface area (Å²) in [5, 5.41) is 5.28. The summed E-state index contributed by atoms with van der Waals surface area (Å²) in [6.07, 6.45) is 0.382. The lowest BCUT2D eigenvalue weighted by atomic mass is 9.97. The van der Waals surface area contributed by atoms with Gasteiger partial charge >= 0.3 is 6.09 Å². The van der Waals surface area contributed by atoms with Crippen molar-refractivity contribution >= 4 is 22.0 Å². The molecular weight excluding hydrogens is 386 g/mol. The van der Waals surface area contributed by atoms with Crippen LogP contribution in [0.4, 0.5) is 4.79 Å². The van der Waals surface area contributed by atoms with E-state index < -0.39 is 16.1 Å². The van der Waals surface area contributed by atoms with Crippen molar-refractivity contribution in [2.45, 2.75) is 24.7 Å². The molecule has 1 saturated heterocycles. The van der Waals surface area contributed by atoms with E-state index in [4.69, 9.17) is 9.47 Å². The Morgan fingerprint density at radius 3 is 2.29 bits per heavy atom. The quantitative estimate of drug-likeness (QED) is 0.614. The molecule has 1 fully saturated rings. The summed E-state index contributed by atoms with van der Waals surface area (Å²) < 4.78 is 36.6. The summed E-state index contributed by atoms with van der Waals surface area (Å²) in [4.78, 5) is 23.6. The number of rotatable bonds is 8. The fraction of sp³-hybridized carbons (Fsp3) is 0.556. The molecule has 0 bridgehead atoms. The second kappa shape index (κ2) is 10.3. The van der Waals surface area contributed by atoms with E-state index in [1.807, 2.05) is 0 Å². The number of piperidine rings is 1. The van der Waals surface area contributed by atoms with Gasteiger partial charge in [0.15, 0.2) is 0 Å². The van der Waals surface area contributed by atoms with E-state index in [9.17, 15) is 18.0 Å². The van der Waals surface area contributed by atoms with Gasteiger partial charge in [-0.2, -0.15) is 4.31 Å². The molecule has 0 radical (unpaired) electrons. The van der Waals surface area contributed by atoms with Crippen LogP contribution in [0.3, 0.4) is 0 Å². The van der Waals surface area contributed by atoms with Crippen molar-refractivity contribution in [3.8, 4) is 5.75 Å². The van der Waals surface area contributed by atoms with Gasteiger partial charge in [0.05, 0.1) is 18.6 Å². The highest BCUT2D eigenvalue weighted by molar-refractivity contribution is 7.89. The second-order valence-corrected chi connectivity index (χ2v) is 8.23. The fourth-order valence-corrected chi connectivity index (χ4v) is 4.40. The zero-order valence-electron chi connectivity index (χ0n) is 16.1. The van der Waals surface area contributed by atoms with Gasteiger partial charge < -0.3 is 20.1 Å². The molecule has 2 N–H and O–H groups in total. The molecule has 0 atom stereocenters. The Morgan fingerprint density at radius 1 is 1.11 bits per heavy atom. The number of nitrogens with one attached hydrogen (secondary N) is 2. The van der Waals surface area contributed by atoms with Gasteiger partial charge in [-0.3, -0.25) is 4.79 Å². The molecule has 156 valence electrons. The van der Waals surface area contributed by atoms with E-state index in [0.717, 1.165) is 0 Å². The molecule has 0 spiro atoms. The number of sulfonamides is 1. The van der Waals surface area contributed by atoms with Crippen molar-refractivity contribution in [2.75, 3.05) is 39.9 Å². The maximum atomic E-state index is 12.7. The number of carbonyl (C=O) groups excluding carboxylic acids is 2. The van der Waals surface area contributed by atoms with Gasteiger partial charge in [0.25, 0.3) is 0 Å². The van der Waals surface area contributed by atoms with Crippen LogP contribution in [0, 0.1) is 5.92 Å². The predicted molar refractivity (Wildman–Crippen MR) is 103 cm³/mol. The first-order valence-corrected chi connectivity index (χ1v) is 10.6. The van der Waals surface area contributed by atoms with Gasteiger partial charge in [0.1, 0.15) is 5.75 Å². The zero-order chi connectivity index (χ0) is 20.6. The molecule has 1 aromatic carbocycles. The minimum absolute atomic E-state index is 0.132. The smallest absolute Gasteiger partial charge is 0.407 e. The first-order chi connectivity index (χ1) is 13.4. The molecule has 10 heteroatoms. The molecule has 1 heterocycles. The van der Waals surface area contributed by atoms with Crippen LogP contribution in [0.2, 0.25) is 0 Å². The number of nitrogens with zero attached hydrogens (tertiary/aromatic N) is 1. The summed E-state index contributed by atoms with van der Waals surface area (Å²) >= 11 is 0. The average molecular weight is 413 g/mol. The van der Waals surface area contributed by atoms with Crippen molar-refractivity contribution in [3.05, 3.63) is 24.3 Å². The molecule has 2 rings (SSSR count). The fourth-order valence-electron chi connectivity index (χ4n) is 2.93. The number of carbonyl (C=O) groups is 2. The predicted octanol–water partition coefficient (Wildman–Crippen LogP) is 0.958. The van der Waals surface area contributed by atoms with Crippen molar-refractivity contribution in [1.29, 1.82) is 0 Å². The number of hydrogen-bond donors (Lipinski definition) is 2. The minimum atomic E-state index is -3.59. The molecule has 2 amide bonds. The Labute approximate surface area is 165 Å². The maximum Gasteiger partial charge on any atom is 0.407 e. The van der Waals surface area contributed by atoms with Crippen LogP contribution < -0.4 is 15.4 Å². The van der Waals surface area contributed by atoms with E-state index in [1.54, 1.807) is 19.1 Å². The summed E-state index contributed by atoms with van der Waals surface area (Å²) in [7, 11) is -2.07. The number of hydrogen-bond acceptors (Lipinski definition) is 6. The molecule has 0 saturated carbocycles. The van der Waals surface area contributed by atoms with E-state index in [-0.39, 0.29) is 43.0 Å². The normalized spacial score (nSPS) is 15.6. The first-order valence-electron chi connectivity index (χ1n) is 9.21. The third-order valence-electron chi connectivity index (χ3n) is 4.49. The molecule has 28 heavy (non-hydrogen) atoms. The Kier molecular flexibility index (Phi) is 8.06. The van der Waals surface area contributed by atoms with Gasteiger partial charge in [-0.25, -0.2) is 13.2 Å². The van der Waals surface area contributed by atoms with E-state index >= 15 is 0 Å². The molecule has 9 nitrogen and oxygen atoms in total. The SMILES string of the molecule is CCOC(=O)NCCNC(=O)C1CCN(S(=O)(=O)c2ccc(OC)cc2)CC1. The molecular formula is C18H27N3O6S. The number of benzene rings is 1. The van der Waals surface area contributed by atoms with Gasteiger partial charge in [0.2, 0.25) is 15.9 Å². The second-order valence-electron chi connectivity index (χ2n) is 6.29. The van der Waals surface area contributed by atoms with Crippen LogP contribution in [0.5, 0.6) is 5.75 Å². The number of alkyl carbamates (subject to hydrolysis) is 1. The summed E-state index contributed by atoms with van der Waals surface area (Å²) in [5.41, 5.74) is 0. The molecule has 0 aliphatic carbocycles. The third-order valence-corrected chi connectivity index (χ3v) is 6.40. The zero-order valence-corrected chi connectivity index (χ0v) is 17.0. The lowest BCUT2D eigenvalue weighted by molar-refractivity contribution is -0.126. The average Bonchev–Trinajstić information content (AvgIpc) is 2.71. The molecule has 1 aliphatic rings. The minimum Gasteiger partial charge on any atom is -0.497 e. The molecule has 0 unspecified atom stereocenters. The van der Waals surface area contributed by atoms with Gasteiger partial charge in [-0.15, -0.1) is 0 Å². The monoisotopic (exact) mass is 413 g/mol. The molecule has 0 aromatic heterocycles. The third kappa shape index (κ3) is 5.83. The van der Waals surface area contributed by atoms with E-state index in [0.29, 0.717) is 25.1 Å².